The number of carbonyl (C=O) groups is 1. The third-order valence-electron chi connectivity index (χ3n) is 4.06. The Labute approximate surface area is 141 Å². The minimum Gasteiger partial charge on any atom is -0.339 e. The summed E-state index contributed by atoms with van der Waals surface area (Å²) in [6.45, 7) is 5.21. The maximum Gasteiger partial charge on any atom is 0.255 e. The van der Waals surface area contributed by atoms with Crippen molar-refractivity contribution in [3.63, 3.8) is 0 Å². The largest absolute Gasteiger partial charge is 0.339 e. The number of thioether (sulfide) groups is 1. The molecule has 0 atom stereocenters. The summed E-state index contributed by atoms with van der Waals surface area (Å²) in [5.74, 6) is 2.08. The van der Waals surface area contributed by atoms with Crippen molar-refractivity contribution in [1.82, 2.24) is 14.5 Å². The van der Waals surface area contributed by atoms with Crippen molar-refractivity contribution in [3.05, 3.63) is 42.2 Å². The number of benzene rings is 1. The topological polar surface area (TPSA) is 41.4 Å². The van der Waals surface area contributed by atoms with Crippen molar-refractivity contribution >= 4 is 23.6 Å². The highest BCUT2D eigenvalue weighted by molar-refractivity contribution is 7.99. The van der Waals surface area contributed by atoms with Crippen molar-refractivity contribution in [2.24, 2.45) is 7.05 Å². The van der Waals surface area contributed by atoms with Crippen LogP contribution in [0.2, 0.25) is 0 Å². The first-order valence-electron chi connectivity index (χ1n) is 7.94. The third kappa shape index (κ3) is 3.37. The third-order valence-corrected chi connectivity index (χ3v) is 5.02. The summed E-state index contributed by atoms with van der Waals surface area (Å²) in [7, 11) is 2.00. The quantitative estimate of drug-likeness (QED) is 0.808. The van der Waals surface area contributed by atoms with Crippen molar-refractivity contribution < 1.29 is 4.79 Å². The number of aromatic nitrogens is 2. The summed E-state index contributed by atoms with van der Waals surface area (Å²) in [5.41, 5.74) is 0.824. The van der Waals surface area contributed by atoms with Gasteiger partial charge in [-0.1, -0.05) is 19.1 Å². The molecule has 0 spiro atoms. The molecule has 1 aliphatic heterocycles. The molecule has 0 aliphatic carbocycles. The van der Waals surface area contributed by atoms with E-state index in [-0.39, 0.29) is 5.91 Å². The SMILES string of the molecule is CCSc1ccccc1C(=O)N1CCN(c2nccn2C)CC1. The Morgan fingerprint density at radius 2 is 1.96 bits per heavy atom. The van der Waals surface area contributed by atoms with E-state index in [0.717, 1.165) is 48.3 Å². The lowest BCUT2D eigenvalue weighted by atomic mass is 10.2. The molecule has 0 N–H and O–H groups in total. The summed E-state index contributed by atoms with van der Waals surface area (Å²) in [5, 5.41) is 0. The van der Waals surface area contributed by atoms with Crippen molar-refractivity contribution in [3.8, 4) is 0 Å². The molecule has 0 radical (unpaired) electrons. The van der Waals surface area contributed by atoms with Gasteiger partial charge >= 0.3 is 0 Å². The van der Waals surface area contributed by atoms with E-state index >= 15 is 0 Å². The standard InChI is InChI=1S/C17H22N4OS/c1-3-23-15-7-5-4-6-14(15)16(22)20-10-12-21(13-11-20)17-18-8-9-19(17)2/h4-9H,3,10-13H2,1-2H3. The van der Waals surface area contributed by atoms with E-state index in [1.807, 2.05) is 53.2 Å². The predicted octanol–water partition coefficient (Wildman–Crippen LogP) is 2.49. The van der Waals surface area contributed by atoms with Crippen LogP contribution >= 0.6 is 11.8 Å². The second-order valence-corrected chi connectivity index (χ2v) is 6.85. The van der Waals surface area contributed by atoms with Gasteiger partial charge in [-0.2, -0.15) is 0 Å². The molecule has 0 bridgehead atoms. The molecule has 3 rings (SSSR count). The van der Waals surface area contributed by atoms with Gasteiger partial charge in [0, 0.05) is 50.5 Å². The second-order valence-electron chi connectivity index (χ2n) is 5.55. The van der Waals surface area contributed by atoms with Gasteiger partial charge in [-0.15, -0.1) is 11.8 Å². The fourth-order valence-electron chi connectivity index (χ4n) is 2.87. The normalized spacial score (nSPS) is 15.0. The van der Waals surface area contributed by atoms with Crippen LogP contribution in [-0.4, -0.2) is 52.3 Å². The molecule has 1 saturated heterocycles. The van der Waals surface area contributed by atoms with Gasteiger partial charge in [0.15, 0.2) is 0 Å². The van der Waals surface area contributed by atoms with Crippen LogP contribution in [0.3, 0.4) is 0 Å². The predicted molar refractivity (Wildman–Crippen MR) is 94.2 cm³/mol. The molecule has 23 heavy (non-hydrogen) atoms. The molecule has 0 saturated carbocycles. The van der Waals surface area contributed by atoms with Gasteiger partial charge in [0.05, 0.1) is 5.56 Å². The molecule has 1 aromatic carbocycles. The maximum absolute atomic E-state index is 12.8. The second kappa shape index (κ2) is 7.08. The molecule has 5 nitrogen and oxygen atoms in total. The Morgan fingerprint density at radius 1 is 1.22 bits per heavy atom. The lowest BCUT2D eigenvalue weighted by Gasteiger charge is -2.35. The Bertz CT molecular complexity index is 677. The van der Waals surface area contributed by atoms with Gasteiger partial charge in [-0.3, -0.25) is 4.79 Å². The number of aryl methyl sites for hydroxylation is 1. The number of nitrogens with zero attached hydrogens (tertiary/aromatic N) is 4. The van der Waals surface area contributed by atoms with E-state index in [2.05, 4.69) is 16.8 Å². The molecule has 6 heteroatoms. The van der Waals surface area contributed by atoms with Crippen LogP contribution in [-0.2, 0) is 7.05 Å². The fraction of sp³-hybridized carbons (Fsp3) is 0.412. The summed E-state index contributed by atoms with van der Waals surface area (Å²) < 4.78 is 2.02. The highest BCUT2D eigenvalue weighted by Gasteiger charge is 2.25. The average Bonchev–Trinajstić information content (AvgIpc) is 3.01. The average molecular weight is 330 g/mol. The maximum atomic E-state index is 12.8. The lowest BCUT2D eigenvalue weighted by molar-refractivity contribution is 0.0742. The van der Waals surface area contributed by atoms with Gasteiger partial charge in [-0.05, 0) is 17.9 Å². The zero-order valence-electron chi connectivity index (χ0n) is 13.6. The van der Waals surface area contributed by atoms with E-state index in [4.69, 9.17) is 0 Å². The van der Waals surface area contributed by atoms with Crippen LogP contribution < -0.4 is 4.90 Å². The van der Waals surface area contributed by atoms with Crippen molar-refractivity contribution in [2.45, 2.75) is 11.8 Å². The van der Waals surface area contributed by atoms with Crippen molar-refractivity contribution in [1.29, 1.82) is 0 Å². The van der Waals surface area contributed by atoms with Crippen LogP contribution in [0.5, 0.6) is 0 Å². The van der Waals surface area contributed by atoms with E-state index in [0.29, 0.717) is 0 Å². The Balaban J connectivity index is 1.68. The molecule has 2 aromatic rings. The van der Waals surface area contributed by atoms with Crippen molar-refractivity contribution in [2.75, 3.05) is 36.8 Å². The van der Waals surface area contributed by atoms with Crippen LogP contribution in [0.4, 0.5) is 5.95 Å². The summed E-state index contributed by atoms with van der Waals surface area (Å²) in [6.07, 6.45) is 3.76. The minimum atomic E-state index is 0.140. The van der Waals surface area contributed by atoms with E-state index in [1.165, 1.54) is 0 Å². The highest BCUT2D eigenvalue weighted by Crippen LogP contribution is 2.24. The number of hydrogen-bond acceptors (Lipinski definition) is 4. The van der Waals surface area contributed by atoms with E-state index in [1.54, 1.807) is 11.8 Å². The Kier molecular flexibility index (Phi) is 4.91. The Morgan fingerprint density at radius 3 is 2.61 bits per heavy atom. The first kappa shape index (κ1) is 15.9. The van der Waals surface area contributed by atoms with Crippen LogP contribution in [0.25, 0.3) is 0 Å². The molecule has 1 aromatic heterocycles. The number of anilines is 1. The van der Waals surface area contributed by atoms with Gasteiger partial charge in [-0.25, -0.2) is 4.98 Å². The molecule has 2 heterocycles. The first-order chi connectivity index (χ1) is 11.2. The number of piperazine rings is 1. The Hall–Kier alpha value is -1.95. The molecule has 0 unspecified atom stereocenters. The fourth-order valence-corrected chi connectivity index (χ4v) is 3.66. The minimum absolute atomic E-state index is 0.140. The number of hydrogen-bond donors (Lipinski definition) is 0. The van der Waals surface area contributed by atoms with Gasteiger partial charge in [0.1, 0.15) is 0 Å². The zero-order chi connectivity index (χ0) is 16.2. The lowest BCUT2D eigenvalue weighted by Crippen LogP contribution is -2.49. The highest BCUT2D eigenvalue weighted by atomic mass is 32.2. The van der Waals surface area contributed by atoms with Gasteiger partial charge < -0.3 is 14.4 Å². The molecular formula is C17H22N4OS. The van der Waals surface area contributed by atoms with Crippen LogP contribution in [0.1, 0.15) is 17.3 Å². The number of carbonyl (C=O) groups excluding carboxylic acids is 1. The molecule has 1 fully saturated rings. The van der Waals surface area contributed by atoms with E-state index in [9.17, 15) is 4.79 Å². The first-order valence-corrected chi connectivity index (χ1v) is 8.92. The van der Waals surface area contributed by atoms with Gasteiger partial charge in [0.25, 0.3) is 5.91 Å². The molecule has 1 amide bonds. The molecule has 122 valence electrons. The monoisotopic (exact) mass is 330 g/mol. The molecule has 1 aliphatic rings. The number of rotatable bonds is 4. The summed E-state index contributed by atoms with van der Waals surface area (Å²) in [6, 6.07) is 7.90. The summed E-state index contributed by atoms with van der Waals surface area (Å²) in [4.78, 5) is 22.5. The van der Waals surface area contributed by atoms with Gasteiger partial charge in [0.2, 0.25) is 5.95 Å². The summed E-state index contributed by atoms with van der Waals surface area (Å²) >= 11 is 1.72. The number of imidazole rings is 1. The van der Waals surface area contributed by atoms with Crippen LogP contribution in [0, 0.1) is 0 Å². The molecular weight excluding hydrogens is 308 g/mol. The van der Waals surface area contributed by atoms with Crippen LogP contribution in [0.15, 0.2) is 41.6 Å². The zero-order valence-corrected chi connectivity index (χ0v) is 14.4. The van der Waals surface area contributed by atoms with E-state index < -0.39 is 0 Å². The number of amides is 1. The smallest absolute Gasteiger partial charge is 0.255 e.